The summed E-state index contributed by atoms with van der Waals surface area (Å²) < 4.78 is 38.1. The molecular weight excluding hydrogens is 273 g/mol. The van der Waals surface area contributed by atoms with Crippen LogP contribution in [0.3, 0.4) is 0 Å². The van der Waals surface area contributed by atoms with Crippen LogP contribution >= 0.6 is 0 Å². The molecule has 1 saturated carbocycles. The molecule has 2 rings (SSSR count). The van der Waals surface area contributed by atoms with Gasteiger partial charge < -0.3 is 10.4 Å². The van der Waals surface area contributed by atoms with Gasteiger partial charge in [0, 0.05) is 6.04 Å². The van der Waals surface area contributed by atoms with Crippen LogP contribution < -0.4 is 5.32 Å². The van der Waals surface area contributed by atoms with Crippen molar-refractivity contribution >= 4 is 11.8 Å². The average molecular weight is 288 g/mol. The highest BCUT2D eigenvalue weighted by Gasteiger charge is 2.34. The summed E-state index contributed by atoms with van der Waals surface area (Å²) in [5.74, 6) is -1.42. The smallest absolute Gasteiger partial charge is 0.433 e. The van der Waals surface area contributed by atoms with Gasteiger partial charge in [0.15, 0.2) is 0 Å². The molecule has 20 heavy (non-hydrogen) atoms. The van der Waals surface area contributed by atoms with Crippen LogP contribution in [0.5, 0.6) is 0 Å². The Labute approximate surface area is 114 Å². The molecule has 0 aliphatic heterocycles. The Morgan fingerprint density at radius 1 is 1.25 bits per heavy atom. The number of anilines is 1. The molecule has 110 valence electrons. The van der Waals surface area contributed by atoms with Crippen LogP contribution in [-0.2, 0) is 6.18 Å². The summed E-state index contributed by atoms with van der Waals surface area (Å²) in [6.45, 7) is 0. The maximum atomic E-state index is 12.7. The topological polar surface area (TPSA) is 62.2 Å². The second-order valence-electron chi connectivity index (χ2n) is 4.91. The minimum absolute atomic E-state index is 0.0240. The highest BCUT2D eigenvalue weighted by atomic mass is 19.4. The lowest BCUT2D eigenvalue weighted by Crippen LogP contribution is -2.24. The minimum Gasteiger partial charge on any atom is -0.478 e. The first kappa shape index (κ1) is 14.6. The highest BCUT2D eigenvalue weighted by Crippen LogP contribution is 2.30. The minimum atomic E-state index is -4.66. The number of alkyl halides is 3. The van der Waals surface area contributed by atoms with E-state index in [1.165, 1.54) is 0 Å². The molecule has 0 atom stereocenters. The van der Waals surface area contributed by atoms with E-state index in [2.05, 4.69) is 10.3 Å². The zero-order valence-electron chi connectivity index (χ0n) is 10.7. The van der Waals surface area contributed by atoms with Crippen molar-refractivity contribution in [3.05, 3.63) is 23.4 Å². The number of halogens is 3. The Morgan fingerprint density at radius 3 is 2.45 bits per heavy atom. The van der Waals surface area contributed by atoms with Crippen molar-refractivity contribution < 1.29 is 23.1 Å². The summed E-state index contributed by atoms with van der Waals surface area (Å²) in [4.78, 5) is 14.4. The Balaban J connectivity index is 2.26. The first-order valence-electron chi connectivity index (χ1n) is 6.45. The summed E-state index contributed by atoms with van der Waals surface area (Å²) >= 11 is 0. The predicted octanol–water partition coefficient (Wildman–Crippen LogP) is 3.54. The van der Waals surface area contributed by atoms with Gasteiger partial charge in [0.25, 0.3) is 0 Å². The van der Waals surface area contributed by atoms with Crippen molar-refractivity contribution in [3.8, 4) is 0 Å². The molecule has 0 unspecified atom stereocenters. The van der Waals surface area contributed by atoms with Gasteiger partial charge in [-0.05, 0) is 25.0 Å². The molecule has 1 fully saturated rings. The summed E-state index contributed by atoms with van der Waals surface area (Å²) in [7, 11) is 0. The number of aromatic carboxylic acids is 1. The quantitative estimate of drug-likeness (QED) is 0.893. The van der Waals surface area contributed by atoms with E-state index in [-0.39, 0.29) is 11.9 Å². The number of hydrogen-bond acceptors (Lipinski definition) is 3. The van der Waals surface area contributed by atoms with Crippen LogP contribution in [0.25, 0.3) is 0 Å². The number of nitrogens with one attached hydrogen (secondary N) is 1. The van der Waals surface area contributed by atoms with Crippen molar-refractivity contribution in [2.24, 2.45) is 0 Å². The fourth-order valence-corrected chi connectivity index (χ4v) is 2.33. The van der Waals surface area contributed by atoms with Crippen LogP contribution in [0, 0.1) is 0 Å². The molecule has 4 nitrogen and oxygen atoms in total. The number of aromatic nitrogens is 1. The SMILES string of the molecule is O=C(O)c1cc(NC2CCCCC2)nc(C(F)(F)F)c1. The molecule has 2 N–H and O–H groups in total. The largest absolute Gasteiger partial charge is 0.478 e. The monoisotopic (exact) mass is 288 g/mol. The highest BCUT2D eigenvalue weighted by molar-refractivity contribution is 5.88. The first-order valence-corrected chi connectivity index (χ1v) is 6.45. The molecular formula is C13H15F3N2O2. The molecule has 0 spiro atoms. The number of carboxylic acids is 1. The van der Waals surface area contributed by atoms with Crippen molar-refractivity contribution in [2.45, 2.75) is 44.3 Å². The normalized spacial score (nSPS) is 16.9. The molecule has 1 heterocycles. The molecule has 1 aromatic heterocycles. The third-order valence-electron chi connectivity index (χ3n) is 3.32. The average Bonchev–Trinajstić information content (AvgIpc) is 2.38. The summed E-state index contributed by atoms with van der Waals surface area (Å²) in [5, 5.41) is 11.8. The molecule has 0 amide bonds. The summed E-state index contributed by atoms with van der Waals surface area (Å²) in [6, 6.07) is 1.75. The molecule has 7 heteroatoms. The van der Waals surface area contributed by atoms with Crippen LogP contribution in [0.15, 0.2) is 12.1 Å². The van der Waals surface area contributed by atoms with Crippen LogP contribution in [0.4, 0.5) is 19.0 Å². The lowest BCUT2D eigenvalue weighted by Gasteiger charge is -2.23. The number of nitrogens with zero attached hydrogens (tertiary/aromatic N) is 1. The summed E-state index contributed by atoms with van der Waals surface area (Å²) in [5.41, 5.74) is -1.60. The number of pyridine rings is 1. The van der Waals surface area contributed by atoms with Crippen molar-refractivity contribution in [1.29, 1.82) is 0 Å². The van der Waals surface area contributed by atoms with E-state index >= 15 is 0 Å². The van der Waals surface area contributed by atoms with Crippen LogP contribution in [-0.4, -0.2) is 22.1 Å². The first-order chi connectivity index (χ1) is 9.36. The van der Waals surface area contributed by atoms with Crippen molar-refractivity contribution in [3.63, 3.8) is 0 Å². The molecule has 1 aliphatic carbocycles. The zero-order chi connectivity index (χ0) is 14.8. The number of rotatable bonds is 3. The predicted molar refractivity (Wildman–Crippen MR) is 66.7 cm³/mol. The second-order valence-corrected chi connectivity index (χ2v) is 4.91. The maximum absolute atomic E-state index is 12.7. The van der Waals surface area contributed by atoms with Gasteiger partial charge in [0.2, 0.25) is 0 Å². The van der Waals surface area contributed by atoms with Crippen LogP contribution in [0.1, 0.15) is 48.2 Å². The van der Waals surface area contributed by atoms with E-state index in [0.29, 0.717) is 6.07 Å². The fraction of sp³-hybridized carbons (Fsp3) is 0.538. The third-order valence-corrected chi connectivity index (χ3v) is 3.32. The molecule has 1 aliphatic rings. The van der Waals surface area contributed by atoms with Crippen molar-refractivity contribution in [2.75, 3.05) is 5.32 Å². The number of carboxylic acid groups (broad SMARTS) is 1. The maximum Gasteiger partial charge on any atom is 0.433 e. The zero-order valence-corrected chi connectivity index (χ0v) is 10.7. The Kier molecular flexibility index (Phi) is 4.15. The van der Waals surface area contributed by atoms with E-state index in [1.54, 1.807) is 0 Å². The number of carbonyl (C=O) groups is 1. The van der Waals surface area contributed by atoms with E-state index in [0.717, 1.165) is 38.2 Å². The van der Waals surface area contributed by atoms with Crippen LogP contribution in [0.2, 0.25) is 0 Å². The molecule has 0 radical (unpaired) electrons. The summed E-state index contributed by atoms with van der Waals surface area (Å²) in [6.07, 6.45) is 0.217. The second kappa shape index (κ2) is 5.68. The van der Waals surface area contributed by atoms with E-state index in [1.807, 2.05) is 0 Å². The van der Waals surface area contributed by atoms with Gasteiger partial charge in [-0.1, -0.05) is 19.3 Å². The van der Waals surface area contributed by atoms with Gasteiger partial charge in [-0.25, -0.2) is 9.78 Å². The lowest BCUT2D eigenvalue weighted by molar-refractivity contribution is -0.141. The van der Waals surface area contributed by atoms with Gasteiger partial charge in [-0.2, -0.15) is 13.2 Å². The fourth-order valence-electron chi connectivity index (χ4n) is 2.33. The molecule has 0 aromatic carbocycles. The standard InChI is InChI=1S/C13H15F3N2O2/c14-13(15,16)10-6-8(12(19)20)7-11(18-10)17-9-4-2-1-3-5-9/h6-7,9H,1-5H2,(H,17,18)(H,19,20). The third kappa shape index (κ3) is 3.61. The van der Waals surface area contributed by atoms with Gasteiger partial charge >= 0.3 is 12.1 Å². The van der Waals surface area contributed by atoms with Crippen molar-refractivity contribution in [1.82, 2.24) is 4.98 Å². The molecule has 0 saturated heterocycles. The van der Waals surface area contributed by atoms with E-state index in [9.17, 15) is 18.0 Å². The van der Waals surface area contributed by atoms with Gasteiger partial charge in [0.1, 0.15) is 11.5 Å². The van der Waals surface area contributed by atoms with Gasteiger partial charge in [-0.15, -0.1) is 0 Å². The van der Waals surface area contributed by atoms with Gasteiger partial charge in [0.05, 0.1) is 5.56 Å². The lowest BCUT2D eigenvalue weighted by atomic mass is 9.95. The Bertz CT molecular complexity index is 497. The van der Waals surface area contributed by atoms with Gasteiger partial charge in [-0.3, -0.25) is 0 Å². The Hall–Kier alpha value is -1.79. The van der Waals surface area contributed by atoms with E-state index < -0.39 is 23.4 Å². The Morgan fingerprint density at radius 2 is 1.90 bits per heavy atom. The van der Waals surface area contributed by atoms with E-state index in [4.69, 9.17) is 5.11 Å². The molecule has 0 bridgehead atoms. The molecule has 1 aromatic rings. The number of hydrogen-bond donors (Lipinski definition) is 2.